The number of aromatic nitrogens is 2. The van der Waals surface area contributed by atoms with E-state index in [1.165, 1.54) is 12.8 Å². The summed E-state index contributed by atoms with van der Waals surface area (Å²) >= 11 is 0. The molecule has 1 aliphatic carbocycles. The molecule has 2 amide bonds. The van der Waals surface area contributed by atoms with Gasteiger partial charge in [-0.05, 0) is 49.8 Å². The molecule has 2 fully saturated rings. The van der Waals surface area contributed by atoms with Crippen molar-refractivity contribution >= 4 is 17.6 Å². The van der Waals surface area contributed by atoms with Gasteiger partial charge in [-0.15, -0.1) is 0 Å². The molecule has 2 aromatic rings. The molecule has 0 spiro atoms. The van der Waals surface area contributed by atoms with Crippen molar-refractivity contribution in [3.63, 3.8) is 0 Å². The number of anilines is 1. The molecule has 1 aliphatic heterocycles. The molecule has 6 nitrogen and oxygen atoms in total. The van der Waals surface area contributed by atoms with Gasteiger partial charge < -0.3 is 10.2 Å². The third kappa shape index (κ3) is 3.49. The van der Waals surface area contributed by atoms with Gasteiger partial charge >= 0.3 is 0 Å². The highest BCUT2D eigenvalue weighted by Crippen LogP contribution is 2.40. The first-order valence-electron chi connectivity index (χ1n) is 9.33. The van der Waals surface area contributed by atoms with Crippen molar-refractivity contribution in [3.05, 3.63) is 47.7 Å². The maximum Gasteiger partial charge on any atom is 0.256 e. The van der Waals surface area contributed by atoms with Crippen molar-refractivity contribution in [2.75, 3.05) is 11.9 Å². The van der Waals surface area contributed by atoms with Crippen LogP contribution in [0, 0.1) is 5.92 Å². The highest BCUT2D eigenvalue weighted by Gasteiger charge is 2.30. The van der Waals surface area contributed by atoms with Gasteiger partial charge in [0.1, 0.15) is 5.82 Å². The number of hydrogen-bond donors (Lipinski definition) is 1. The maximum absolute atomic E-state index is 12.6. The molecule has 0 radical (unpaired) electrons. The van der Waals surface area contributed by atoms with Crippen molar-refractivity contribution in [2.24, 2.45) is 5.92 Å². The van der Waals surface area contributed by atoms with Gasteiger partial charge in [-0.1, -0.05) is 12.1 Å². The Morgan fingerprint density at radius 2 is 2.04 bits per heavy atom. The van der Waals surface area contributed by atoms with Crippen LogP contribution in [-0.2, 0) is 11.3 Å². The van der Waals surface area contributed by atoms with Gasteiger partial charge in [-0.2, -0.15) is 5.10 Å². The van der Waals surface area contributed by atoms with Gasteiger partial charge in [-0.3, -0.25) is 9.59 Å². The number of nitrogens with one attached hydrogen (secondary N) is 1. The second-order valence-electron chi connectivity index (χ2n) is 7.31. The van der Waals surface area contributed by atoms with Crippen LogP contribution in [0.25, 0.3) is 0 Å². The predicted molar refractivity (Wildman–Crippen MR) is 98.7 cm³/mol. The third-order valence-corrected chi connectivity index (χ3v) is 5.36. The molecular weight excluding hydrogens is 328 g/mol. The largest absolute Gasteiger partial charge is 0.338 e. The summed E-state index contributed by atoms with van der Waals surface area (Å²) in [5.74, 6) is 1.47. The highest BCUT2D eigenvalue weighted by atomic mass is 16.2. The predicted octanol–water partition coefficient (Wildman–Crippen LogP) is 3.23. The average Bonchev–Trinajstić information content (AvgIpc) is 3.28. The van der Waals surface area contributed by atoms with E-state index >= 15 is 0 Å². The normalized spacial score (nSPS) is 18.2. The molecule has 2 aliphatic rings. The summed E-state index contributed by atoms with van der Waals surface area (Å²) in [7, 11) is 0. The first-order valence-corrected chi connectivity index (χ1v) is 9.33. The minimum atomic E-state index is -0.140. The van der Waals surface area contributed by atoms with E-state index in [4.69, 9.17) is 0 Å². The standard InChI is InChI=1S/C20H24N4O2/c1-14(16-8-9-16)24-18(10-11-21-24)22-20(26)17-6-4-15(5-7-17)13-23-12-2-3-19(23)25/h4-7,10-11,14,16H,2-3,8-9,12-13H2,1H3,(H,22,26). The maximum atomic E-state index is 12.6. The van der Waals surface area contributed by atoms with E-state index in [2.05, 4.69) is 17.3 Å². The Hall–Kier alpha value is -2.63. The molecule has 0 bridgehead atoms. The van der Waals surface area contributed by atoms with Crippen LogP contribution in [0.5, 0.6) is 0 Å². The number of carbonyl (C=O) groups is 2. The summed E-state index contributed by atoms with van der Waals surface area (Å²) < 4.78 is 1.91. The number of nitrogens with zero attached hydrogens (tertiary/aromatic N) is 3. The Morgan fingerprint density at radius 1 is 1.27 bits per heavy atom. The second-order valence-corrected chi connectivity index (χ2v) is 7.31. The average molecular weight is 352 g/mol. The molecule has 26 heavy (non-hydrogen) atoms. The second kappa shape index (κ2) is 6.94. The van der Waals surface area contributed by atoms with Crippen LogP contribution in [0.1, 0.15) is 54.6 Å². The van der Waals surface area contributed by atoms with Gasteiger partial charge in [0.05, 0.1) is 12.2 Å². The molecule has 1 atom stereocenters. The smallest absolute Gasteiger partial charge is 0.256 e. The van der Waals surface area contributed by atoms with Gasteiger partial charge in [0.15, 0.2) is 0 Å². The zero-order chi connectivity index (χ0) is 18.1. The van der Waals surface area contributed by atoms with E-state index in [9.17, 15) is 9.59 Å². The Bertz CT molecular complexity index is 807. The van der Waals surface area contributed by atoms with Gasteiger partial charge in [0, 0.05) is 31.1 Å². The molecule has 1 aromatic heterocycles. The lowest BCUT2D eigenvalue weighted by Crippen LogP contribution is -2.23. The van der Waals surface area contributed by atoms with E-state index < -0.39 is 0 Å². The summed E-state index contributed by atoms with van der Waals surface area (Å²) in [6, 6.07) is 9.62. The zero-order valence-electron chi connectivity index (χ0n) is 15.0. The Morgan fingerprint density at radius 3 is 2.69 bits per heavy atom. The lowest BCUT2D eigenvalue weighted by molar-refractivity contribution is -0.128. The number of carbonyl (C=O) groups excluding carboxylic acids is 2. The lowest BCUT2D eigenvalue weighted by atomic mass is 10.1. The van der Waals surface area contributed by atoms with Crippen molar-refractivity contribution in [3.8, 4) is 0 Å². The van der Waals surface area contributed by atoms with E-state index in [1.807, 2.05) is 39.9 Å². The summed E-state index contributed by atoms with van der Waals surface area (Å²) in [6.07, 6.45) is 5.77. The molecule has 1 unspecified atom stereocenters. The number of benzene rings is 1. The van der Waals surface area contributed by atoms with E-state index in [0.29, 0.717) is 30.5 Å². The molecule has 1 saturated carbocycles. The Balaban J connectivity index is 1.40. The SMILES string of the molecule is CC(C1CC1)n1nccc1NC(=O)c1ccc(CN2CCCC2=O)cc1. The lowest BCUT2D eigenvalue weighted by Gasteiger charge is -2.16. The number of hydrogen-bond acceptors (Lipinski definition) is 3. The Kier molecular flexibility index (Phi) is 4.49. The zero-order valence-corrected chi connectivity index (χ0v) is 15.0. The fourth-order valence-electron chi connectivity index (χ4n) is 3.56. The highest BCUT2D eigenvalue weighted by molar-refractivity contribution is 6.03. The van der Waals surface area contributed by atoms with Crippen molar-refractivity contribution in [1.82, 2.24) is 14.7 Å². The molecule has 4 rings (SSSR count). The summed E-state index contributed by atoms with van der Waals surface area (Å²) in [5, 5.41) is 7.33. The topological polar surface area (TPSA) is 67.2 Å². The first kappa shape index (κ1) is 16.8. The van der Waals surface area contributed by atoms with Gasteiger partial charge in [0.2, 0.25) is 5.91 Å². The van der Waals surface area contributed by atoms with Crippen LogP contribution in [0.15, 0.2) is 36.5 Å². The molecule has 6 heteroatoms. The number of rotatable bonds is 6. The fraction of sp³-hybridized carbons (Fsp3) is 0.450. The van der Waals surface area contributed by atoms with E-state index in [-0.39, 0.29) is 11.8 Å². The van der Waals surface area contributed by atoms with Crippen molar-refractivity contribution < 1.29 is 9.59 Å². The summed E-state index contributed by atoms with van der Waals surface area (Å²) in [5.41, 5.74) is 1.65. The minimum Gasteiger partial charge on any atom is -0.338 e. The third-order valence-electron chi connectivity index (χ3n) is 5.36. The molecular formula is C20H24N4O2. The molecule has 136 valence electrons. The van der Waals surface area contributed by atoms with Crippen LogP contribution in [0.2, 0.25) is 0 Å². The van der Waals surface area contributed by atoms with Crippen LogP contribution < -0.4 is 5.32 Å². The first-order chi connectivity index (χ1) is 12.6. The van der Waals surface area contributed by atoms with Gasteiger partial charge in [-0.25, -0.2) is 4.68 Å². The van der Waals surface area contributed by atoms with Crippen LogP contribution in [0.3, 0.4) is 0 Å². The minimum absolute atomic E-state index is 0.140. The van der Waals surface area contributed by atoms with Crippen LogP contribution in [0.4, 0.5) is 5.82 Å². The number of amides is 2. The van der Waals surface area contributed by atoms with Crippen LogP contribution in [-0.4, -0.2) is 33.0 Å². The molecule has 1 saturated heterocycles. The Labute approximate surface area is 153 Å². The van der Waals surface area contributed by atoms with Crippen LogP contribution >= 0.6 is 0 Å². The summed E-state index contributed by atoms with van der Waals surface area (Å²) in [4.78, 5) is 26.2. The van der Waals surface area contributed by atoms with E-state index in [0.717, 1.165) is 24.3 Å². The number of likely N-dealkylation sites (tertiary alicyclic amines) is 1. The molecule has 2 heterocycles. The fourth-order valence-corrected chi connectivity index (χ4v) is 3.56. The van der Waals surface area contributed by atoms with Crippen molar-refractivity contribution in [2.45, 2.75) is 45.2 Å². The molecule has 1 N–H and O–H groups in total. The van der Waals surface area contributed by atoms with E-state index in [1.54, 1.807) is 6.20 Å². The van der Waals surface area contributed by atoms with Gasteiger partial charge in [0.25, 0.3) is 5.91 Å². The van der Waals surface area contributed by atoms with Crippen molar-refractivity contribution in [1.29, 1.82) is 0 Å². The summed E-state index contributed by atoms with van der Waals surface area (Å²) in [6.45, 7) is 3.59. The monoisotopic (exact) mass is 352 g/mol. The quantitative estimate of drug-likeness (QED) is 0.868. The molecule has 1 aromatic carbocycles.